The lowest BCUT2D eigenvalue weighted by atomic mass is 9.90. The molecule has 25 heavy (non-hydrogen) atoms. The molecule has 1 aliphatic heterocycles. The second kappa shape index (κ2) is 8.10. The first-order valence-electron chi connectivity index (χ1n) is 8.97. The zero-order valence-electron chi connectivity index (χ0n) is 14.9. The Hall–Kier alpha value is -2.43. The summed E-state index contributed by atoms with van der Waals surface area (Å²) in [4.78, 5) is 23.0. The highest BCUT2D eigenvalue weighted by atomic mass is 16.5. The molecule has 2 heterocycles. The number of aryl methyl sites for hydroxylation is 1. The number of benzene rings is 1. The number of hydrogen-bond acceptors (Lipinski definition) is 5. The molecule has 0 amide bonds. The first-order valence-corrected chi connectivity index (χ1v) is 8.97. The van der Waals surface area contributed by atoms with Crippen molar-refractivity contribution in [2.75, 3.05) is 24.6 Å². The van der Waals surface area contributed by atoms with Crippen LogP contribution in [0.2, 0.25) is 0 Å². The van der Waals surface area contributed by atoms with Crippen molar-refractivity contribution in [3.63, 3.8) is 0 Å². The number of ether oxygens (including phenoxy) is 1. The van der Waals surface area contributed by atoms with Crippen molar-refractivity contribution in [1.29, 1.82) is 0 Å². The Kier molecular flexibility index (Phi) is 5.64. The first-order chi connectivity index (χ1) is 12.2. The van der Waals surface area contributed by atoms with Crippen LogP contribution in [0.1, 0.15) is 41.4 Å². The fraction of sp³-hybridized carbons (Fsp3) is 0.450. The monoisotopic (exact) mass is 339 g/mol. The molecule has 0 aliphatic carbocycles. The maximum absolute atomic E-state index is 11.9. The fourth-order valence-corrected chi connectivity index (χ4v) is 3.30. The molecule has 5 heteroatoms. The summed E-state index contributed by atoms with van der Waals surface area (Å²) in [6.45, 7) is 5.89. The summed E-state index contributed by atoms with van der Waals surface area (Å²) >= 11 is 0. The fourth-order valence-electron chi connectivity index (χ4n) is 3.30. The number of carbonyl (C=O) groups excluding carboxylic acids is 1. The van der Waals surface area contributed by atoms with Gasteiger partial charge in [0.1, 0.15) is 0 Å². The molecule has 3 rings (SSSR count). The number of esters is 1. The minimum Gasteiger partial charge on any atom is -0.462 e. The van der Waals surface area contributed by atoms with Crippen LogP contribution in [-0.4, -0.2) is 35.6 Å². The highest BCUT2D eigenvalue weighted by Crippen LogP contribution is 2.24. The zero-order chi connectivity index (χ0) is 17.6. The van der Waals surface area contributed by atoms with E-state index in [4.69, 9.17) is 4.74 Å². The van der Waals surface area contributed by atoms with Gasteiger partial charge in [-0.3, -0.25) is 0 Å². The van der Waals surface area contributed by atoms with Crippen molar-refractivity contribution in [3.8, 4) is 0 Å². The van der Waals surface area contributed by atoms with Crippen LogP contribution in [0.4, 0.5) is 5.95 Å². The Balaban J connectivity index is 1.59. The van der Waals surface area contributed by atoms with E-state index in [1.807, 2.05) is 6.92 Å². The van der Waals surface area contributed by atoms with E-state index in [1.54, 1.807) is 13.1 Å². The SMILES string of the molecule is CCOC(=O)c1cnc(N2CCC(Cc3ccccc3)CC2)nc1C. The minimum absolute atomic E-state index is 0.354. The van der Waals surface area contributed by atoms with Crippen molar-refractivity contribution in [2.24, 2.45) is 5.92 Å². The van der Waals surface area contributed by atoms with Gasteiger partial charge < -0.3 is 9.64 Å². The lowest BCUT2D eigenvalue weighted by Gasteiger charge is -2.32. The lowest BCUT2D eigenvalue weighted by Crippen LogP contribution is -2.35. The molecular formula is C20H25N3O2. The van der Waals surface area contributed by atoms with E-state index in [1.165, 1.54) is 5.56 Å². The Bertz CT molecular complexity index is 710. The molecule has 1 saturated heterocycles. The van der Waals surface area contributed by atoms with Gasteiger partial charge in [0.05, 0.1) is 17.9 Å². The average molecular weight is 339 g/mol. The van der Waals surface area contributed by atoms with E-state index in [0.29, 0.717) is 29.7 Å². The van der Waals surface area contributed by atoms with Crippen LogP contribution in [0.5, 0.6) is 0 Å². The minimum atomic E-state index is -0.354. The zero-order valence-corrected chi connectivity index (χ0v) is 14.9. The maximum Gasteiger partial charge on any atom is 0.341 e. The normalized spacial score (nSPS) is 15.2. The first kappa shape index (κ1) is 17.4. The van der Waals surface area contributed by atoms with E-state index in [9.17, 15) is 4.79 Å². The number of carbonyl (C=O) groups is 1. The summed E-state index contributed by atoms with van der Waals surface area (Å²) in [6.07, 6.45) is 5.00. The number of nitrogens with zero attached hydrogens (tertiary/aromatic N) is 3. The highest BCUT2D eigenvalue weighted by Gasteiger charge is 2.22. The van der Waals surface area contributed by atoms with Crippen molar-refractivity contribution >= 4 is 11.9 Å². The van der Waals surface area contributed by atoms with E-state index in [2.05, 4.69) is 45.2 Å². The van der Waals surface area contributed by atoms with Gasteiger partial charge in [0.2, 0.25) is 5.95 Å². The van der Waals surface area contributed by atoms with Gasteiger partial charge in [0, 0.05) is 19.3 Å². The summed E-state index contributed by atoms with van der Waals surface area (Å²) in [5.74, 6) is 1.07. The summed E-state index contributed by atoms with van der Waals surface area (Å²) in [5, 5.41) is 0. The van der Waals surface area contributed by atoms with E-state index in [0.717, 1.165) is 32.4 Å². The summed E-state index contributed by atoms with van der Waals surface area (Å²) in [5.41, 5.74) is 2.53. The molecular weight excluding hydrogens is 314 g/mol. The molecule has 1 aliphatic rings. The molecule has 0 radical (unpaired) electrons. The topological polar surface area (TPSA) is 55.3 Å². The van der Waals surface area contributed by atoms with E-state index < -0.39 is 0 Å². The van der Waals surface area contributed by atoms with E-state index >= 15 is 0 Å². The Labute approximate surface area is 149 Å². The van der Waals surface area contributed by atoms with Gasteiger partial charge in [0.25, 0.3) is 0 Å². The van der Waals surface area contributed by atoms with Crippen LogP contribution < -0.4 is 4.90 Å². The summed E-state index contributed by atoms with van der Waals surface area (Å²) in [6, 6.07) is 10.7. The van der Waals surface area contributed by atoms with Gasteiger partial charge in [-0.15, -0.1) is 0 Å². The molecule has 0 atom stereocenters. The Morgan fingerprint density at radius 2 is 1.96 bits per heavy atom. The second-order valence-corrected chi connectivity index (χ2v) is 6.51. The molecule has 0 spiro atoms. The quantitative estimate of drug-likeness (QED) is 0.781. The standard InChI is InChI=1S/C20H25N3O2/c1-3-25-19(24)18-14-21-20(22-15(18)2)23-11-9-17(10-12-23)13-16-7-5-4-6-8-16/h4-8,14,17H,3,9-13H2,1-2H3. The number of anilines is 1. The molecule has 0 saturated carbocycles. The van der Waals surface area contributed by atoms with Crippen molar-refractivity contribution in [3.05, 3.63) is 53.3 Å². The Morgan fingerprint density at radius 1 is 1.24 bits per heavy atom. The Morgan fingerprint density at radius 3 is 2.60 bits per heavy atom. The van der Waals surface area contributed by atoms with E-state index in [-0.39, 0.29) is 5.97 Å². The molecule has 1 fully saturated rings. The smallest absolute Gasteiger partial charge is 0.341 e. The number of hydrogen-bond donors (Lipinski definition) is 0. The van der Waals surface area contributed by atoms with Gasteiger partial charge in [-0.1, -0.05) is 30.3 Å². The number of rotatable bonds is 5. The summed E-state index contributed by atoms with van der Waals surface area (Å²) < 4.78 is 5.03. The largest absolute Gasteiger partial charge is 0.462 e. The molecule has 0 unspecified atom stereocenters. The van der Waals surface area contributed by atoms with Crippen LogP contribution in [0.15, 0.2) is 36.5 Å². The van der Waals surface area contributed by atoms with Crippen LogP contribution in [0.3, 0.4) is 0 Å². The van der Waals surface area contributed by atoms with Crippen molar-refractivity contribution in [2.45, 2.75) is 33.1 Å². The van der Waals surface area contributed by atoms with Crippen LogP contribution in [-0.2, 0) is 11.2 Å². The molecule has 0 bridgehead atoms. The van der Waals surface area contributed by atoms with Crippen LogP contribution in [0.25, 0.3) is 0 Å². The third kappa shape index (κ3) is 4.35. The third-order valence-electron chi connectivity index (χ3n) is 4.73. The van der Waals surface area contributed by atoms with Crippen molar-refractivity contribution in [1.82, 2.24) is 9.97 Å². The summed E-state index contributed by atoms with van der Waals surface area (Å²) in [7, 11) is 0. The predicted molar refractivity (Wildman–Crippen MR) is 97.8 cm³/mol. The van der Waals surface area contributed by atoms with Gasteiger partial charge in [-0.2, -0.15) is 0 Å². The van der Waals surface area contributed by atoms with Gasteiger partial charge in [-0.25, -0.2) is 14.8 Å². The van der Waals surface area contributed by atoms with Crippen LogP contribution >= 0.6 is 0 Å². The third-order valence-corrected chi connectivity index (χ3v) is 4.73. The lowest BCUT2D eigenvalue weighted by molar-refractivity contribution is 0.0524. The predicted octanol–water partition coefficient (Wildman–Crippen LogP) is 3.42. The molecule has 1 aromatic heterocycles. The highest BCUT2D eigenvalue weighted by molar-refractivity contribution is 5.90. The molecule has 1 aromatic carbocycles. The van der Waals surface area contributed by atoms with Crippen molar-refractivity contribution < 1.29 is 9.53 Å². The average Bonchev–Trinajstić information content (AvgIpc) is 2.63. The molecule has 132 valence electrons. The molecule has 2 aromatic rings. The van der Waals surface area contributed by atoms with Gasteiger partial charge in [-0.05, 0) is 44.6 Å². The van der Waals surface area contributed by atoms with Gasteiger partial charge >= 0.3 is 5.97 Å². The van der Waals surface area contributed by atoms with Gasteiger partial charge in [0.15, 0.2) is 0 Å². The molecule has 0 N–H and O–H groups in total. The number of aromatic nitrogens is 2. The molecule has 5 nitrogen and oxygen atoms in total. The maximum atomic E-state index is 11.9. The number of piperidine rings is 1. The second-order valence-electron chi connectivity index (χ2n) is 6.51. The van der Waals surface area contributed by atoms with Crippen LogP contribution in [0, 0.1) is 12.8 Å².